The van der Waals surface area contributed by atoms with Crippen molar-refractivity contribution < 1.29 is 19.0 Å². The maximum Gasteiger partial charge on any atom is 0.248 e. The van der Waals surface area contributed by atoms with Crippen molar-refractivity contribution in [1.82, 2.24) is 4.90 Å². The SMILES string of the molecule is COCC(=O)N1CC2(C[C@H](OCC3CCOCC3)CS2)C1. The quantitative estimate of drug-likeness (QED) is 0.762. The molecule has 1 spiro atoms. The second-order valence-electron chi connectivity index (χ2n) is 6.39. The summed E-state index contributed by atoms with van der Waals surface area (Å²) >= 11 is 1.98. The summed E-state index contributed by atoms with van der Waals surface area (Å²) in [5.74, 6) is 1.84. The Labute approximate surface area is 130 Å². The van der Waals surface area contributed by atoms with Crippen molar-refractivity contribution in [2.45, 2.75) is 30.1 Å². The second kappa shape index (κ2) is 6.86. The van der Waals surface area contributed by atoms with Crippen LogP contribution in [-0.4, -0.2) is 74.0 Å². The van der Waals surface area contributed by atoms with Gasteiger partial charge < -0.3 is 19.1 Å². The van der Waals surface area contributed by atoms with Gasteiger partial charge in [0.1, 0.15) is 6.61 Å². The van der Waals surface area contributed by atoms with Gasteiger partial charge in [-0.2, -0.15) is 0 Å². The Morgan fingerprint density at radius 1 is 1.38 bits per heavy atom. The fourth-order valence-corrected chi connectivity index (χ4v) is 4.91. The van der Waals surface area contributed by atoms with Gasteiger partial charge in [0.25, 0.3) is 0 Å². The maximum absolute atomic E-state index is 11.7. The van der Waals surface area contributed by atoms with E-state index in [1.165, 1.54) is 0 Å². The first-order valence-corrected chi connectivity index (χ1v) is 8.79. The van der Waals surface area contributed by atoms with Crippen LogP contribution < -0.4 is 0 Å². The average molecular weight is 315 g/mol. The van der Waals surface area contributed by atoms with Gasteiger partial charge in [0.2, 0.25) is 5.91 Å². The third kappa shape index (κ3) is 3.73. The predicted molar refractivity (Wildman–Crippen MR) is 81.5 cm³/mol. The number of carbonyl (C=O) groups excluding carboxylic acids is 1. The number of likely N-dealkylation sites (tertiary alicyclic amines) is 1. The van der Waals surface area contributed by atoms with E-state index in [0.717, 1.165) is 57.9 Å². The highest BCUT2D eigenvalue weighted by Crippen LogP contribution is 2.46. The molecule has 120 valence electrons. The lowest BCUT2D eigenvalue weighted by molar-refractivity contribution is -0.140. The zero-order chi connectivity index (χ0) is 14.7. The minimum Gasteiger partial charge on any atom is -0.381 e. The number of nitrogens with zero attached hydrogens (tertiary/aromatic N) is 1. The van der Waals surface area contributed by atoms with E-state index in [9.17, 15) is 4.79 Å². The van der Waals surface area contributed by atoms with Crippen molar-refractivity contribution in [2.75, 3.05) is 52.4 Å². The van der Waals surface area contributed by atoms with E-state index in [-0.39, 0.29) is 17.3 Å². The van der Waals surface area contributed by atoms with E-state index in [2.05, 4.69) is 0 Å². The van der Waals surface area contributed by atoms with Gasteiger partial charge in [-0.15, -0.1) is 11.8 Å². The summed E-state index contributed by atoms with van der Waals surface area (Å²) in [6.07, 6.45) is 3.70. The predicted octanol–water partition coefficient (Wildman–Crippen LogP) is 1.16. The van der Waals surface area contributed by atoms with Crippen molar-refractivity contribution in [3.05, 3.63) is 0 Å². The Bertz CT molecular complexity index is 367. The van der Waals surface area contributed by atoms with Crippen molar-refractivity contribution in [3.8, 4) is 0 Å². The molecule has 3 heterocycles. The molecule has 3 aliphatic rings. The fourth-order valence-electron chi connectivity index (χ4n) is 3.36. The lowest BCUT2D eigenvalue weighted by Gasteiger charge is -2.47. The summed E-state index contributed by atoms with van der Waals surface area (Å²) in [5, 5.41) is 0. The molecular formula is C15H25NO4S. The second-order valence-corrected chi connectivity index (χ2v) is 7.88. The molecule has 0 aromatic heterocycles. The van der Waals surface area contributed by atoms with Gasteiger partial charge in [-0.1, -0.05) is 0 Å². The van der Waals surface area contributed by atoms with Gasteiger partial charge in [-0.3, -0.25) is 4.79 Å². The molecular weight excluding hydrogens is 290 g/mol. The summed E-state index contributed by atoms with van der Waals surface area (Å²) < 4.78 is 16.6. The molecule has 0 radical (unpaired) electrons. The molecule has 1 amide bonds. The standard InChI is InChI=1S/C15H25NO4S/c1-18-8-14(17)16-10-15(11-16)6-13(9-21-15)20-7-12-2-4-19-5-3-12/h12-13H,2-11H2,1H3/t13-/m0/s1. The van der Waals surface area contributed by atoms with Gasteiger partial charge in [0.15, 0.2) is 0 Å². The summed E-state index contributed by atoms with van der Waals surface area (Å²) in [7, 11) is 1.57. The van der Waals surface area contributed by atoms with Crippen molar-refractivity contribution >= 4 is 17.7 Å². The maximum atomic E-state index is 11.7. The average Bonchev–Trinajstić information content (AvgIpc) is 2.89. The fraction of sp³-hybridized carbons (Fsp3) is 0.933. The van der Waals surface area contributed by atoms with Gasteiger partial charge in [-0.25, -0.2) is 0 Å². The first-order valence-electron chi connectivity index (χ1n) is 7.81. The number of rotatable bonds is 5. The van der Waals surface area contributed by atoms with Gasteiger partial charge in [-0.05, 0) is 25.2 Å². The zero-order valence-corrected chi connectivity index (χ0v) is 13.5. The lowest BCUT2D eigenvalue weighted by atomic mass is 9.92. The highest BCUT2D eigenvalue weighted by Gasteiger charge is 2.50. The Morgan fingerprint density at radius 3 is 2.86 bits per heavy atom. The van der Waals surface area contributed by atoms with Gasteiger partial charge in [0, 0.05) is 45.8 Å². The molecule has 0 N–H and O–H groups in total. The third-order valence-electron chi connectivity index (χ3n) is 4.66. The number of hydrogen-bond donors (Lipinski definition) is 0. The van der Waals surface area contributed by atoms with Crippen LogP contribution in [-0.2, 0) is 19.0 Å². The lowest BCUT2D eigenvalue weighted by Crippen LogP contribution is -2.61. The highest BCUT2D eigenvalue weighted by molar-refractivity contribution is 8.01. The van der Waals surface area contributed by atoms with Crippen LogP contribution in [0.1, 0.15) is 19.3 Å². The molecule has 3 fully saturated rings. The van der Waals surface area contributed by atoms with Crippen molar-refractivity contribution in [3.63, 3.8) is 0 Å². The monoisotopic (exact) mass is 315 g/mol. The largest absolute Gasteiger partial charge is 0.381 e. The van der Waals surface area contributed by atoms with Crippen molar-refractivity contribution in [2.24, 2.45) is 5.92 Å². The Hall–Kier alpha value is -0.300. The van der Waals surface area contributed by atoms with Crippen LogP contribution in [0.25, 0.3) is 0 Å². The molecule has 0 unspecified atom stereocenters. The normalized spacial score (nSPS) is 28.8. The van der Waals surface area contributed by atoms with Crippen LogP contribution in [0.3, 0.4) is 0 Å². The van der Waals surface area contributed by atoms with E-state index in [1.54, 1.807) is 7.11 Å². The van der Waals surface area contributed by atoms with Crippen LogP contribution in [0.4, 0.5) is 0 Å². The molecule has 3 aliphatic heterocycles. The van der Waals surface area contributed by atoms with Gasteiger partial charge in [0.05, 0.1) is 10.9 Å². The Balaban J connectivity index is 1.37. The van der Waals surface area contributed by atoms with Crippen LogP contribution in [0, 0.1) is 5.92 Å². The number of hydrogen-bond acceptors (Lipinski definition) is 5. The molecule has 0 aromatic carbocycles. The number of amides is 1. The Morgan fingerprint density at radius 2 is 2.14 bits per heavy atom. The molecule has 5 nitrogen and oxygen atoms in total. The first kappa shape index (κ1) is 15.6. The van der Waals surface area contributed by atoms with E-state index in [4.69, 9.17) is 14.2 Å². The number of ether oxygens (including phenoxy) is 3. The number of thioether (sulfide) groups is 1. The highest BCUT2D eigenvalue weighted by atomic mass is 32.2. The van der Waals surface area contributed by atoms with Crippen LogP contribution in [0.5, 0.6) is 0 Å². The van der Waals surface area contributed by atoms with E-state index in [0.29, 0.717) is 12.0 Å². The summed E-state index contributed by atoms with van der Waals surface area (Å²) in [6.45, 7) is 4.55. The van der Waals surface area contributed by atoms with Crippen LogP contribution >= 0.6 is 11.8 Å². The minimum absolute atomic E-state index is 0.107. The summed E-state index contributed by atoms with van der Waals surface area (Å²) in [4.78, 5) is 13.6. The zero-order valence-electron chi connectivity index (χ0n) is 12.7. The summed E-state index contributed by atoms with van der Waals surface area (Å²) in [6, 6.07) is 0. The van der Waals surface area contributed by atoms with Gasteiger partial charge >= 0.3 is 0 Å². The minimum atomic E-state index is 0.107. The Kier molecular flexibility index (Phi) is 5.09. The number of methoxy groups -OCH3 is 1. The third-order valence-corrected chi connectivity index (χ3v) is 6.24. The number of carbonyl (C=O) groups is 1. The first-order chi connectivity index (χ1) is 10.2. The van der Waals surface area contributed by atoms with Crippen LogP contribution in [0.15, 0.2) is 0 Å². The molecule has 21 heavy (non-hydrogen) atoms. The van der Waals surface area contributed by atoms with E-state index >= 15 is 0 Å². The molecule has 0 aliphatic carbocycles. The molecule has 6 heteroatoms. The molecule has 1 atom stereocenters. The van der Waals surface area contributed by atoms with E-state index in [1.807, 2.05) is 16.7 Å². The topological polar surface area (TPSA) is 48.0 Å². The van der Waals surface area contributed by atoms with Crippen LogP contribution in [0.2, 0.25) is 0 Å². The summed E-state index contributed by atoms with van der Waals surface area (Å²) in [5.41, 5.74) is 0. The molecule has 3 rings (SSSR count). The smallest absolute Gasteiger partial charge is 0.248 e. The molecule has 3 saturated heterocycles. The molecule has 0 saturated carbocycles. The van der Waals surface area contributed by atoms with Crippen molar-refractivity contribution in [1.29, 1.82) is 0 Å². The molecule has 0 aromatic rings. The molecule has 0 bridgehead atoms. The van der Waals surface area contributed by atoms with E-state index < -0.39 is 0 Å².